The lowest BCUT2D eigenvalue weighted by molar-refractivity contribution is -0.385. The Morgan fingerprint density at radius 3 is 2.65 bits per heavy atom. The number of nitro groups is 1. The van der Waals surface area contributed by atoms with E-state index in [4.69, 9.17) is 5.73 Å². The summed E-state index contributed by atoms with van der Waals surface area (Å²) in [5, 5.41) is 11.1. The Hall–Kier alpha value is -2.31. The van der Waals surface area contributed by atoms with E-state index < -0.39 is 10.7 Å². The Morgan fingerprint density at radius 1 is 1.22 bits per heavy atom. The molecule has 6 heteroatoms. The van der Waals surface area contributed by atoms with Crippen LogP contribution in [-0.2, 0) is 6.54 Å². The molecule has 0 unspecified atom stereocenters. The first-order valence-electron chi connectivity index (χ1n) is 7.50. The topological polar surface area (TPSA) is 72.4 Å². The zero-order chi connectivity index (χ0) is 16.4. The van der Waals surface area contributed by atoms with Gasteiger partial charge < -0.3 is 5.73 Å². The van der Waals surface area contributed by atoms with E-state index in [9.17, 15) is 14.5 Å². The van der Waals surface area contributed by atoms with Gasteiger partial charge in [-0.1, -0.05) is 30.3 Å². The molecule has 1 heterocycles. The number of likely N-dealkylation sites (tertiary alicyclic amines) is 1. The van der Waals surface area contributed by atoms with E-state index in [1.807, 2.05) is 35.2 Å². The number of benzene rings is 2. The second kappa shape index (κ2) is 6.44. The van der Waals surface area contributed by atoms with E-state index in [0.29, 0.717) is 25.2 Å². The summed E-state index contributed by atoms with van der Waals surface area (Å²) in [4.78, 5) is 12.7. The number of halogens is 1. The van der Waals surface area contributed by atoms with Crippen molar-refractivity contribution in [3.8, 4) is 0 Å². The minimum atomic E-state index is -0.473. The third kappa shape index (κ3) is 3.38. The molecule has 2 atom stereocenters. The molecule has 1 aliphatic heterocycles. The van der Waals surface area contributed by atoms with Gasteiger partial charge in [-0.3, -0.25) is 15.0 Å². The third-order valence-corrected chi connectivity index (χ3v) is 4.30. The molecule has 2 aromatic rings. The zero-order valence-corrected chi connectivity index (χ0v) is 12.6. The van der Waals surface area contributed by atoms with E-state index in [1.54, 1.807) is 0 Å². The quantitative estimate of drug-likeness (QED) is 0.695. The van der Waals surface area contributed by atoms with Gasteiger partial charge in [-0.25, -0.2) is 4.39 Å². The van der Waals surface area contributed by atoms with Crippen molar-refractivity contribution in [2.24, 2.45) is 5.73 Å². The molecule has 120 valence electrons. The van der Waals surface area contributed by atoms with E-state index in [2.05, 4.69) is 0 Å². The molecule has 23 heavy (non-hydrogen) atoms. The molecule has 5 nitrogen and oxygen atoms in total. The van der Waals surface area contributed by atoms with Crippen molar-refractivity contribution in [3.05, 3.63) is 75.6 Å². The summed E-state index contributed by atoms with van der Waals surface area (Å²) in [6.07, 6.45) is 0. The third-order valence-electron chi connectivity index (χ3n) is 4.30. The number of hydrogen-bond acceptors (Lipinski definition) is 4. The van der Waals surface area contributed by atoms with Gasteiger partial charge in [-0.2, -0.15) is 0 Å². The van der Waals surface area contributed by atoms with Gasteiger partial charge in [0.25, 0.3) is 5.69 Å². The Labute approximate surface area is 133 Å². The van der Waals surface area contributed by atoms with E-state index in [-0.39, 0.29) is 17.6 Å². The fourth-order valence-electron chi connectivity index (χ4n) is 3.20. The molecular weight excluding hydrogens is 297 g/mol. The average Bonchev–Trinajstić information content (AvgIpc) is 2.88. The van der Waals surface area contributed by atoms with Crippen LogP contribution in [0.4, 0.5) is 10.1 Å². The van der Waals surface area contributed by atoms with Crippen LogP contribution in [0.3, 0.4) is 0 Å². The maximum Gasteiger partial charge on any atom is 0.274 e. The lowest BCUT2D eigenvalue weighted by Crippen LogP contribution is -2.28. The molecule has 1 saturated heterocycles. The molecule has 0 amide bonds. The van der Waals surface area contributed by atoms with Crippen molar-refractivity contribution in [3.63, 3.8) is 0 Å². The van der Waals surface area contributed by atoms with Gasteiger partial charge in [-0.15, -0.1) is 0 Å². The van der Waals surface area contributed by atoms with Crippen molar-refractivity contribution < 1.29 is 9.31 Å². The maximum atomic E-state index is 13.4. The van der Waals surface area contributed by atoms with Crippen LogP contribution < -0.4 is 5.73 Å². The van der Waals surface area contributed by atoms with Gasteiger partial charge in [0.15, 0.2) is 0 Å². The zero-order valence-electron chi connectivity index (χ0n) is 12.6. The molecule has 0 spiro atoms. The summed E-state index contributed by atoms with van der Waals surface area (Å²) in [6.45, 7) is 1.66. The van der Waals surface area contributed by atoms with Crippen molar-refractivity contribution >= 4 is 5.69 Å². The fourth-order valence-corrected chi connectivity index (χ4v) is 3.20. The van der Waals surface area contributed by atoms with Crippen molar-refractivity contribution in [2.75, 3.05) is 13.1 Å². The minimum Gasteiger partial charge on any atom is -0.326 e. The van der Waals surface area contributed by atoms with Crippen LogP contribution in [0.25, 0.3) is 0 Å². The first kappa shape index (κ1) is 15.6. The number of nitrogens with two attached hydrogens (primary N) is 1. The van der Waals surface area contributed by atoms with Gasteiger partial charge in [-0.05, 0) is 17.7 Å². The van der Waals surface area contributed by atoms with Gasteiger partial charge in [0.2, 0.25) is 0 Å². The Balaban J connectivity index is 1.78. The molecular formula is C17H18FN3O2. The number of hydrogen-bond donors (Lipinski definition) is 1. The maximum absolute atomic E-state index is 13.4. The van der Waals surface area contributed by atoms with Crippen LogP contribution in [0.1, 0.15) is 17.0 Å². The van der Waals surface area contributed by atoms with Crippen LogP contribution in [0, 0.1) is 15.9 Å². The number of nitrogens with zero attached hydrogens (tertiary/aromatic N) is 2. The fraction of sp³-hybridized carbons (Fsp3) is 0.294. The van der Waals surface area contributed by atoms with Gasteiger partial charge >= 0.3 is 0 Å². The number of rotatable bonds is 4. The summed E-state index contributed by atoms with van der Waals surface area (Å²) >= 11 is 0. The van der Waals surface area contributed by atoms with Crippen molar-refractivity contribution in [1.82, 2.24) is 4.90 Å². The monoisotopic (exact) mass is 315 g/mol. The summed E-state index contributed by atoms with van der Waals surface area (Å²) in [5.41, 5.74) is 7.73. The predicted octanol–water partition coefficient (Wildman–Crippen LogP) is 2.66. The molecule has 2 N–H and O–H groups in total. The van der Waals surface area contributed by atoms with Crippen LogP contribution >= 0.6 is 0 Å². The van der Waals surface area contributed by atoms with Crippen LogP contribution in [0.15, 0.2) is 48.5 Å². The minimum absolute atomic E-state index is 0.0370. The van der Waals surface area contributed by atoms with Crippen molar-refractivity contribution in [1.29, 1.82) is 0 Å². The predicted molar refractivity (Wildman–Crippen MR) is 85.5 cm³/mol. The summed E-state index contributed by atoms with van der Waals surface area (Å²) in [6, 6.07) is 13.5. The second-order valence-electron chi connectivity index (χ2n) is 5.91. The molecule has 3 rings (SSSR count). The average molecular weight is 315 g/mol. The lowest BCUT2D eigenvalue weighted by atomic mass is 9.95. The summed E-state index contributed by atoms with van der Waals surface area (Å²) in [7, 11) is 0. The molecule has 0 bridgehead atoms. The molecule has 2 aromatic carbocycles. The smallest absolute Gasteiger partial charge is 0.274 e. The molecule has 1 fully saturated rings. The summed E-state index contributed by atoms with van der Waals surface area (Å²) in [5.74, 6) is -0.280. The standard InChI is InChI=1S/C17H18FN3O2/c18-14-6-7-17(21(22)23)13(8-14)9-20-10-15(16(19)11-20)12-4-2-1-3-5-12/h1-8,15-16H,9-11,19H2/t15-,16+/m0/s1. The lowest BCUT2D eigenvalue weighted by Gasteiger charge is -2.16. The Kier molecular flexibility index (Phi) is 4.36. The normalized spacial score (nSPS) is 21.5. The SMILES string of the molecule is N[C@@H]1CN(Cc2cc(F)ccc2[N+](=O)[O-])C[C@H]1c1ccccc1. The van der Waals surface area contributed by atoms with Gasteiger partial charge in [0.1, 0.15) is 5.82 Å². The molecule has 0 radical (unpaired) electrons. The highest BCUT2D eigenvalue weighted by molar-refractivity contribution is 5.40. The second-order valence-corrected chi connectivity index (χ2v) is 5.91. The molecule has 0 aromatic heterocycles. The highest BCUT2D eigenvalue weighted by atomic mass is 19.1. The largest absolute Gasteiger partial charge is 0.326 e. The van der Waals surface area contributed by atoms with E-state index >= 15 is 0 Å². The van der Waals surface area contributed by atoms with Crippen LogP contribution in [0.2, 0.25) is 0 Å². The van der Waals surface area contributed by atoms with Gasteiger partial charge in [0.05, 0.1) is 4.92 Å². The Bertz CT molecular complexity index is 708. The van der Waals surface area contributed by atoms with Crippen LogP contribution in [0.5, 0.6) is 0 Å². The first-order chi connectivity index (χ1) is 11.0. The van der Waals surface area contributed by atoms with Gasteiger partial charge in [0, 0.05) is 43.2 Å². The number of nitro benzene ring substituents is 1. The van der Waals surface area contributed by atoms with Crippen molar-refractivity contribution in [2.45, 2.75) is 18.5 Å². The Morgan fingerprint density at radius 2 is 1.96 bits per heavy atom. The van der Waals surface area contributed by atoms with E-state index in [1.165, 1.54) is 12.1 Å². The molecule has 0 aliphatic carbocycles. The highest BCUT2D eigenvalue weighted by Gasteiger charge is 2.32. The van der Waals surface area contributed by atoms with E-state index in [0.717, 1.165) is 11.6 Å². The molecule has 1 aliphatic rings. The highest BCUT2D eigenvalue weighted by Crippen LogP contribution is 2.29. The van der Waals surface area contributed by atoms with Crippen LogP contribution in [-0.4, -0.2) is 29.0 Å². The first-order valence-corrected chi connectivity index (χ1v) is 7.50. The summed E-state index contributed by atoms with van der Waals surface area (Å²) < 4.78 is 13.4. The molecule has 0 saturated carbocycles.